The molecule has 0 fully saturated rings. The average molecular weight is 246 g/mol. The third kappa shape index (κ3) is 3.31. The zero-order chi connectivity index (χ0) is 12.8. The summed E-state index contributed by atoms with van der Waals surface area (Å²) >= 11 is 0. The van der Waals surface area contributed by atoms with Gasteiger partial charge in [0, 0.05) is 11.1 Å². The van der Waals surface area contributed by atoms with Crippen LogP contribution in [-0.2, 0) is 13.1 Å². The third-order valence-electron chi connectivity index (χ3n) is 2.86. The van der Waals surface area contributed by atoms with Crippen molar-refractivity contribution in [2.75, 3.05) is 7.11 Å². The zero-order valence-corrected chi connectivity index (χ0v) is 10.4. The molecule has 94 valence electrons. The highest BCUT2D eigenvalue weighted by atomic mass is 19.1. The van der Waals surface area contributed by atoms with E-state index in [1.54, 1.807) is 13.2 Å². The van der Waals surface area contributed by atoms with Crippen LogP contribution in [0.25, 0.3) is 0 Å². The fourth-order valence-corrected chi connectivity index (χ4v) is 1.82. The van der Waals surface area contributed by atoms with Gasteiger partial charge in [0.1, 0.15) is 24.7 Å². The van der Waals surface area contributed by atoms with Gasteiger partial charge in [0.2, 0.25) is 0 Å². The summed E-state index contributed by atoms with van der Waals surface area (Å²) in [7, 11) is 1.65. The molecule has 0 aliphatic rings. The molecule has 2 aromatic rings. The molecule has 2 rings (SSSR count). The van der Waals surface area contributed by atoms with Crippen molar-refractivity contribution in [1.29, 1.82) is 0 Å². The Hall–Kier alpha value is -1.87. The Morgan fingerprint density at radius 3 is 2.39 bits per heavy atom. The van der Waals surface area contributed by atoms with Crippen LogP contribution in [0.5, 0.6) is 5.75 Å². The number of methoxy groups -OCH3 is 1. The van der Waals surface area contributed by atoms with Crippen molar-refractivity contribution >= 4 is 0 Å². The van der Waals surface area contributed by atoms with E-state index in [4.69, 9.17) is 4.74 Å². The van der Waals surface area contributed by atoms with Gasteiger partial charge in [0.05, 0.1) is 7.11 Å². The Balaban J connectivity index is 1.86. The molecule has 2 nitrogen and oxygen atoms in total. The Labute approximate surface area is 106 Å². The summed E-state index contributed by atoms with van der Waals surface area (Å²) < 4.78 is 18.5. The first-order valence-corrected chi connectivity index (χ1v) is 5.97. The molecule has 0 radical (unpaired) electrons. The lowest BCUT2D eigenvalue weighted by molar-refractivity contribution is -0.686. The molecule has 0 atom stereocenters. The van der Waals surface area contributed by atoms with Crippen LogP contribution in [0, 0.1) is 5.82 Å². The predicted molar refractivity (Wildman–Crippen MR) is 68.7 cm³/mol. The predicted octanol–water partition coefficient (Wildman–Crippen LogP) is 2.10. The van der Waals surface area contributed by atoms with Gasteiger partial charge in [-0.1, -0.05) is 18.2 Å². The fourth-order valence-electron chi connectivity index (χ4n) is 1.82. The fraction of sp³-hybridized carbons (Fsp3) is 0.200. The number of ether oxygens (including phenoxy) is 1. The molecule has 0 amide bonds. The summed E-state index contributed by atoms with van der Waals surface area (Å²) in [5.41, 5.74) is 1.94. The van der Waals surface area contributed by atoms with E-state index in [-0.39, 0.29) is 5.82 Å². The Morgan fingerprint density at radius 2 is 1.72 bits per heavy atom. The molecule has 0 spiro atoms. The molecular weight excluding hydrogens is 229 g/mol. The van der Waals surface area contributed by atoms with E-state index in [1.165, 1.54) is 11.6 Å². The van der Waals surface area contributed by atoms with Crippen LogP contribution in [0.15, 0.2) is 48.5 Å². The van der Waals surface area contributed by atoms with E-state index in [0.717, 1.165) is 17.9 Å². The van der Waals surface area contributed by atoms with Crippen LogP contribution in [0.4, 0.5) is 4.39 Å². The van der Waals surface area contributed by atoms with Crippen LogP contribution in [-0.4, -0.2) is 7.11 Å². The molecule has 0 aliphatic heterocycles. The van der Waals surface area contributed by atoms with Crippen molar-refractivity contribution in [1.82, 2.24) is 0 Å². The van der Waals surface area contributed by atoms with Crippen molar-refractivity contribution in [3.8, 4) is 5.75 Å². The summed E-state index contributed by atoms with van der Waals surface area (Å²) in [6.45, 7) is 1.48. The highest BCUT2D eigenvalue weighted by molar-refractivity contribution is 5.26. The maximum Gasteiger partial charge on any atom is 0.132 e. The smallest absolute Gasteiger partial charge is 0.132 e. The van der Waals surface area contributed by atoms with Gasteiger partial charge in [0.25, 0.3) is 0 Å². The zero-order valence-electron chi connectivity index (χ0n) is 10.4. The summed E-state index contributed by atoms with van der Waals surface area (Å²) in [6.07, 6.45) is 0. The molecule has 0 saturated heterocycles. The van der Waals surface area contributed by atoms with Crippen molar-refractivity contribution in [3.05, 3.63) is 65.5 Å². The Morgan fingerprint density at radius 1 is 1.00 bits per heavy atom. The number of hydrogen-bond acceptors (Lipinski definition) is 1. The van der Waals surface area contributed by atoms with Crippen molar-refractivity contribution < 1.29 is 14.4 Å². The lowest BCUT2D eigenvalue weighted by atomic mass is 10.2. The van der Waals surface area contributed by atoms with Gasteiger partial charge in [-0.3, -0.25) is 0 Å². The number of halogens is 1. The van der Waals surface area contributed by atoms with Crippen LogP contribution in [0.1, 0.15) is 11.1 Å². The monoisotopic (exact) mass is 246 g/mol. The lowest BCUT2D eigenvalue weighted by Crippen LogP contribution is -2.80. The van der Waals surface area contributed by atoms with E-state index in [0.29, 0.717) is 6.54 Å². The van der Waals surface area contributed by atoms with Gasteiger partial charge >= 0.3 is 0 Å². The Bertz CT molecular complexity index is 496. The van der Waals surface area contributed by atoms with Crippen LogP contribution >= 0.6 is 0 Å². The van der Waals surface area contributed by atoms with Crippen LogP contribution in [0.3, 0.4) is 0 Å². The maximum atomic E-state index is 13.4. The van der Waals surface area contributed by atoms with Gasteiger partial charge < -0.3 is 10.1 Å². The summed E-state index contributed by atoms with van der Waals surface area (Å²) in [5, 5.41) is 2.08. The largest absolute Gasteiger partial charge is 0.497 e. The summed E-state index contributed by atoms with van der Waals surface area (Å²) in [5.74, 6) is 0.719. The minimum Gasteiger partial charge on any atom is -0.497 e. The summed E-state index contributed by atoms with van der Waals surface area (Å²) in [4.78, 5) is 0. The van der Waals surface area contributed by atoms with E-state index >= 15 is 0 Å². The van der Waals surface area contributed by atoms with Crippen molar-refractivity contribution in [2.24, 2.45) is 0 Å². The second-order valence-corrected chi connectivity index (χ2v) is 4.14. The second-order valence-electron chi connectivity index (χ2n) is 4.14. The normalized spacial score (nSPS) is 10.3. The minimum atomic E-state index is -0.136. The van der Waals surface area contributed by atoms with Gasteiger partial charge in [-0.25, -0.2) is 4.39 Å². The van der Waals surface area contributed by atoms with Crippen LogP contribution < -0.4 is 10.1 Å². The topological polar surface area (TPSA) is 25.8 Å². The van der Waals surface area contributed by atoms with E-state index in [2.05, 4.69) is 5.32 Å². The van der Waals surface area contributed by atoms with Crippen molar-refractivity contribution in [3.63, 3.8) is 0 Å². The maximum absolute atomic E-state index is 13.4. The first kappa shape index (κ1) is 12.6. The first-order chi connectivity index (χ1) is 8.79. The Kier molecular flexibility index (Phi) is 4.31. The first-order valence-electron chi connectivity index (χ1n) is 5.97. The number of rotatable bonds is 5. The highest BCUT2D eigenvalue weighted by Gasteiger charge is 2.02. The third-order valence-corrected chi connectivity index (χ3v) is 2.86. The molecule has 0 bridgehead atoms. The van der Waals surface area contributed by atoms with E-state index < -0.39 is 0 Å². The molecule has 0 aromatic heterocycles. The molecule has 0 heterocycles. The standard InChI is InChI=1S/C15H16FNO/c1-18-14-8-6-12(7-9-14)10-17-11-13-4-2-3-5-15(13)16/h2-9,17H,10-11H2,1H3/p+1. The molecule has 0 saturated carbocycles. The molecule has 3 heteroatoms. The molecule has 2 N–H and O–H groups in total. The quantitative estimate of drug-likeness (QED) is 0.859. The molecule has 2 aromatic carbocycles. The molecule has 0 unspecified atom stereocenters. The number of nitrogens with two attached hydrogens (primary N) is 1. The SMILES string of the molecule is COc1ccc(C[NH2+]Cc2ccccc2F)cc1. The lowest BCUT2D eigenvalue weighted by Gasteiger charge is -2.04. The second kappa shape index (κ2) is 6.17. The number of hydrogen-bond donors (Lipinski definition) is 1. The minimum absolute atomic E-state index is 0.136. The van der Waals surface area contributed by atoms with E-state index in [1.807, 2.05) is 36.4 Å². The van der Waals surface area contributed by atoms with Gasteiger partial charge in [-0.2, -0.15) is 0 Å². The molecule has 18 heavy (non-hydrogen) atoms. The van der Waals surface area contributed by atoms with Gasteiger partial charge in [-0.15, -0.1) is 0 Å². The van der Waals surface area contributed by atoms with Crippen molar-refractivity contribution in [2.45, 2.75) is 13.1 Å². The number of quaternary nitrogens is 1. The number of benzene rings is 2. The summed E-state index contributed by atoms with van der Waals surface area (Å²) in [6, 6.07) is 14.8. The van der Waals surface area contributed by atoms with Crippen LogP contribution in [0.2, 0.25) is 0 Å². The molecule has 0 aliphatic carbocycles. The van der Waals surface area contributed by atoms with Gasteiger partial charge in [-0.05, 0) is 30.3 Å². The highest BCUT2D eigenvalue weighted by Crippen LogP contribution is 2.10. The van der Waals surface area contributed by atoms with Gasteiger partial charge in [0.15, 0.2) is 0 Å². The molecular formula is C15H17FNO+. The average Bonchev–Trinajstić information content (AvgIpc) is 2.42. The van der Waals surface area contributed by atoms with E-state index in [9.17, 15) is 4.39 Å².